The van der Waals surface area contributed by atoms with Gasteiger partial charge in [0.1, 0.15) is 13.1 Å². The van der Waals surface area contributed by atoms with E-state index in [-0.39, 0.29) is 12.2 Å². The lowest BCUT2D eigenvalue weighted by Gasteiger charge is -2.26. The number of aliphatic carboxylic acids is 1. The third-order valence-corrected chi connectivity index (χ3v) is 4.41. The quantitative estimate of drug-likeness (QED) is 0.749. The molecular weight excluding hydrogens is 305 g/mol. The first kappa shape index (κ1) is 16.5. The van der Waals surface area contributed by atoms with Gasteiger partial charge in [-0.3, -0.25) is 4.79 Å². The van der Waals surface area contributed by atoms with Crippen molar-refractivity contribution in [3.8, 4) is 0 Å². The van der Waals surface area contributed by atoms with Gasteiger partial charge in [-0.1, -0.05) is 0 Å². The second-order valence-electron chi connectivity index (χ2n) is 4.35. The summed E-state index contributed by atoms with van der Waals surface area (Å²) in [5, 5.41) is 10.2. The van der Waals surface area contributed by atoms with Crippen LogP contribution in [0.15, 0.2) is 0 Å². The van der Waals surface area contributed by atoms with E-state index in [1.165, 1.54) is 5.32 Å². The number of carbonyl (C=O) groups is 2. The van der Waals surface area contributed by atoms with E-state index in [2.05, 4.69) is 0 Å². The van der Waals surface area contributed by atoms with Crippen LogP contribution in [0.1, 0.15) is 6.42 Å². The van der Waals surface area contributed by atoms with Gasteiger partial charge in [-0.2, -0.15) is 13.2 Å². The number of carboxylic acid groups (broad SMARTS) is 1. The predicted octanol–water partition coefficient (Wildman–Crippen LogP) is -0.168. The van der Waals surface area contributed by atoms with Gasteiger partial charge in [0.05, 0.1) is 11.5 Å². The number of hydrogen-bond donors (Lipinski definition) is 2. The predicted molar refractivity (Wildman–Crippen MR) is 60.9 cm³/mol. The zero-order valence-corrected chi connectivity index (χ0v) is 11.0. The largest absolute Gasteiger partial charge is 0.480 e. The summed E-state index contributed by atoms with van der Waals surface area (Å²) in [4.78, 5) is 22.8. The Hall–Kier alpha value is -1.52. The molecule has 116 valence electrons. The van der Waals surface area contributed by atoms with Crippen LogP contribution in [0.3, 0.4) is 0 Å². The van der Waals surface area contributed by atoms with Crippen molar-refractivity contribution in [2.24, 2.45) is 0 Å². The molecule has 1 rings (SSSR count). The molecule has 2 N–H and O–H groups in total. The van der Waals surface area contributed by atoms with Crippen LogP contribution < -0.4 is 5.32 Å². The van der Waals surface area contributed by atoms with Crippen molar-refractivity contribution < 1.29 is 36.3 Å². The molecule has 0 aromatic rings. The highest BCUT2D eigenvalue weighted by molar-refractivity contribution is 7.91. The van der Waals surface area contributed by atoms with Gasteiger partial charge in [0.15, 0.2) is 9.84 Å². The molecule has 1 atom stereocenters. The van der Waals surface area contributed by atoms with Crippen LogP contribution in [0.2, 0.25) is 0 Å². The van der Waals surface area contributed by atoms with Crippen molar-refractivity contribution >= 4 is 21.8 Å². The van der Waals surface area contributed by atoms with E-state index in [0.29, 0.717) is 4.90 Å². The van der Waals surface area contributed by atoms with Crippen molar-refractivity contribution in [1.82, 2.24) is 10.2 Å². The summed E-state index contributed by atoms with van der Waals surface area (Å²) in [6.07, 6.45) is -4.62. The van der Waals surface area contributed by atoms with Gasteiger partial charge < -0.3 is 15.3 Å². The number of sulfone groups is 1. The standard InChI is InChI=1S/C9H13F3N2O5S/c10-9(11,12)5-13-8(17)14(3-7(15)16)6-1-2-20(18,19)4-6/h6H,1-5H2,(H,13,17)(H,15,16). The van der Waals surface area contributed by atoms with Crippen LogP contribution in [0.25, 0.3) is 0 Å². The van der Waals surface area contributed by atoms with Gasteiger partial charge in [-0.25, -0.2) is 13.2 Å². The van der Waals surface area contributed by atoms with E-state index in [1.54, 1.807) is 0 Å². The highest BCUT2D eigenvalue weighted by Gasteiger charge is 2.37. The first-order valence-corrected chi connectivity index (χ1v) is 7.36. The Balaban J connectivity index is 2.74. The van der Waals surface area contributed by atoms with Crippen molar-refractivity contribution in [3.63, 3.8) is 0 Å². The Kier molecular flexibility index (Phi) is 4.84. The zero-order valence-electron chi connectivity index (χ0n) is 10.2. The Morgan fingerprint density at radius 1 is 1.35 bits per heavy atom. The lowest BCUT2D eigenvalue weighted by Crippen LogP contribution is -2.50. The summed E-state index contributed by atoms with van der Waals surface area (Å²) < 4.78 is 58.6. The molecule has 0 aromatic heterocycles. The van der Waals surface area contributed by atoms with E-state index in [0.717, 1.165) is 0 Å². The van der Waals surface area contributed by atoms with Crippen molar-refractivity contribution in [3.05, 3.63) is 0 Å². The average molecular weight is 318 g/mol. The maximum atomic E-state index is 12.0. The van der Waals surface area contributed by atoms with Crippen LogP contribution in [0, 0.1) is 0 Å². The molecular formula is C9H13F3N2O5S. The molecule has 2 amide bonds. The molecule has 0 aromatic carbocycles. The topological polar surface area (TPSA) is 104 Å². The van der Waals surface area contributed by atoms with Crippen molar-refractivity contribution in [2.45, 2.75) is 18.6 Å². The number of rotatable bonds is 4. The molecule has 11 heteroatoms. The molecule has 0 bridgehead atoms. The number of carboxylic acids is 1. The molecule has 20 heavy (non-hydrogen) atoms. The number of carbonyl (C=O) groups excluding carboxylic acids is 1. The van der Waals surface area contributed by atoms with Gasteiger partial charge in [0, 0.05) is 6.04 Å². The molecule has 0 spiro atoms. The smallest absolute Gasteiger partial charge is 0.405 e. The number of alkyl halides is 3. The molecule has 1 aliphatic heterocycles. The summed E-state index contributed by atoms with van der Waals surface area (Å²) >= 11 is 0. The van der Waals surface area contributed by atoms with Crippen LogP contribution in [-0.4, -0.2) is 67.2 Å². The summed E-state index contributed by atoms with van der Waals surface area (Å²) in [7, 11) is -3.39. The Morgan fingerprint density at radius 3 is 2.35 bits per heavy atom. The van der Waals surface area contributed by atoms with Crippen LogP contribution in [-0.2, 0) is 14.6 Å². The van der Waals surface area contributed by atoms with E-state index in [4.69, 9.17) is 5.11 Å². The minimum Gasteiger partial charge on any atom is -0.480 e. The molecule has 1 heterocycles. The highest BCUT2D eigenvalue weighted by atomic mass is 32.2. The number of urea groups is 1. The van der Waals surface area contributed by atoms with Crippen molar-refractivity contribution in [2.75, 3.05) is 24.6 Å². The first-order chi connectivity index (χ1) is 9.00. The highest BCUT2D eigenvalue weighted by Crippen LogP contribution is 2.18. The molecule has 0 radical (unpaired) electrons. The number of nitrogens with one attached hydrogen (secondary N) is 1. The van der Waals surface area contributed by atoms with Crippen LogP contribution in [0.4, 0.5) is 18.0 Å². The normalized spacial score (nSPS) is 21.4. The Bertz CT molecular complexity index is 490. The second-order valence-corrected chi connectivity index (χ2v) is 6.58. The summed E-state index contributed by atoms with van der Waals surface area (Å²) in [5.74, 6) is -2.10. The molecule has 0 saturated carbocycles. The third-order valence-electron chi connectivity index (χ3n) is 2.66. The monoisotopic (exact) mass is 318 g/mol. The minimum atomic E-state index is -4.63. The number of nitrogens with zero attached hydrogens (tertiary/aromatic N) is 1. The lowest BCUT2D eigenvalue weighted by molar-refractivity contribution is -0.138. The molecule has 1 fully saturated rings. The third kappa shape index (κ3) is 5.23. The van der Waals surface area contributed by atoms with E-state index in [1.807, 2.05) is 0 Å². The fourth-order valence-corrected chi connectivity index (χ4v) is 3.54. The Morgan fingerprint density at radius 2 is 1.95 bits per heavy atom. The van der Waals surface area contributed by atoms with Gasteiger partial charge in [-0.05, 0) is 6.42 Å². The Labute approximate surface area is 112 Å². The fourth-order valence-electron chi connectivity index (χ4n) is 1.81. The van der Waals surface area contributed by atoms with E-state index >= 15 is 0 Å². The summed E-state index contributed by atoms with van der Waals surface area (Å²) in [5.41, 5.74) is 0. The van der Waals surface area contributed by atoms with Gasteiger partial charge in [0.25, 0.3) is 0 Å². The summed E-state index contributed by atoms with van der Waals surface area (Å²) in [6.45, 7) is -2.47. The molecule has 7 nitrogen and oxygen atoms in total. The molecule has 1 aliphatic rings. The van der Waals surface area contributed by atoms with Crippen LogP contribution in [0.5, 0.6) is 0 Å². The maximum absolute atomic E-state index is 12.0. The SMILES string of the molecule is O=C(O)CN(C(=O)NCC(F)(F)F)C1CCS(=O)(=O)C1. The van der Waals surface area contributed by atoms with Gasteiger partial charge >= 0.3 is 18.2 Å². The van der Waals surface area contributed by atoms with E-state index < -0.39 is 52.9 Å². The van der Waals surface area contributed by atoms with E-state index in [9.17, 15) is 31.2 Å². The number of hydrogen-bond acceptors (Lipinski definition) is 4. The average Bonchev–Trinajstić information content (AvgIpc) is 2.62. The first-order valence-electron chi connectivity index (χ1n) is 5.53. The number of halogens is 3. The molecule has 1 saturated heterocycles. The second kappa shape index (κ2) is 5.85. The summed E-state index contributed by atoms with van der Waals surface area (Å²) in [6, 6.07) is -2.17. The molecule has 0 aliphatic carbocycles. The fraction of sp³-hybridized carbons (Fsp3) is 0.778. The van der Waals surface area contributed by atoms with Gasteiger partial charge in [0.2, 0.25) is 0 Å². The van der Waals surface area contributed by atoms with Crippen molar-refractivity contribution in [1.29, 1.82) is 0 Å². The van der Waals surface area contributed by atoms with Gasteiger partial charge in [-0.15, -0.1) is 0 Å². The maximum Gasteiger partial charge on any atom is 0.405 e. The minimum absolute atomic E-state index is 0.00898. The molecule has 1 unspecified atom stereocenters. The number of amides is 2. The lowest BCUT2D eigenvalue weighted by atomic mass is 10.2. The zero-order chi connectivity index (χ0) is 15.6. The van der Waals surface area contributed by atoms with Crippen LogP contribution >= 0.6 is 0 Å².